The van der Waals surface area contributed by atoms with Crippen LogP contribution >= 0.6 is 11.6 Å². The largest absolute Gasteiger partial charge is 0.480 e. The SMILES string of the molecule is Cc1ccc(/C(Cl)=C/C(=O)N[C@@H](Cc2ccccc2)C(=O)O)cc1. The molecule has 0 heterocycles. The summed E-state index contributed by atoms with van der Waals surface area (Å²) in [5, 5.41) is 12.0. The first-order chi connectivity index (χ1) is 11.5. The number of carbonyl (C=O) groups is 2. The number of nitrogens with one attached hydrogen (secondary N) is 1. The number of halogens is 1. The van der Waals surface area contributed by atoms with Crippen molar-refractivity contribution in [3.8, 4) is 0 Å². The van der Waals surface area contributed by atoms with Crippen molar-refractivity contribution in [3.05, 3.63) is 77.4 Å². The minimum absolute atomic E-state index is 0.206. The van der Waals surface area contributed by atoms with Crippen molar-refractivity contribution >= 4 is 28.5 Å². The number of hydrogen-bond donors (Lipinski definition) is 2. The van der Waals surface area contributed by atoms with Crippen molar-refractivity contribution in [2.75, 3.05) is 0 Å². The van der Waals surface area contributed by atoms with Crippen molar-refractivity contribution in [2.24, 2.45) is 0 Å². The standard InChI is InChI=1S/C19H18ClNO3/c1-13-7-9-15(10-8-13)16(20)12-18(22)21-17(19(23)24)11-14-5-3-2-4-6-14/h2-10,12,17H,11H2,1H3,(H,21,22)(H,23,24)/b16-12-/t17-/m0/s1. The number of rotatable bonds is 6. The predicted octanol–water partition coefficient (Wildman–Crippen LogP) is 3.39. The lowest BCUT2D eigenvalue weighted by atomic mass is 10.1. The Morgan fingerprint density at radius 1 is 1.12 bits per heavy atom. The Kier molecular flexibility index (Phi) is 6.15. The Morgan fingerprint density at radius 3 is 2.33 bits per heavy atom. The molecule has 0 spiro atoms. The number of carboxylic acid groups (broad SMARTS) is 1. The van der Waals surface area contributed by atoms with Gasteiger partial charge in [-0.25, -0.2) is 4.79 Å². The maximum absolute atomic E-state index is 12.1. The van der Waals surface area contributed by atoms with Crippen LogP contribution in [0, 0.1) is 6.92 Å². The van der Waals surface area contributed by atoms with E-state index in [2.05, 4.69) is 5.32 Å². The zero-order chi connectivity index (χ0) is 17.5. The van der Waals surface area contributed by atoms with Gasteiger partial charge in [0.05, 0.1) is 5.03 Å². The molecular weight excluding hydrogens is 326 g/mol. The predicted molar refractivity (Wildman–Crippen MR) is 94.7 cm³/mol. The Bertz CT molecular complexity index is 739. The van der Waals surface area contributed by atoms with Crippen LogP contribution in [-0.2, 0) is 16.0 Å². The van der Waals surface area contributed by atoms with E-state index in [0.717, 1.165) is 11.1 Å². The van der Waals surface area contributed by atoms with Crippen molar-refractivity contribution < 1.29 is 14.7 Å². The molecule has 2 aromatic carbocycles. The van der Waals surface area contributed by atoms with E-state index in [1.54, 1.807) is 12.1 Å². The van der Waals surface area contributed by atoms with Crippen molar-refractivity contribution in [1.82, 2.24) is 5.32 Å². The summed E-state index contributed by atoms with van der Waals surface area (Å²) in [5.41, 5.74) is 2.62. The van der Waals surface area contributed by atoms with E-state index in [4.69, 9.17) is 11.6 Å². The average Bonchev–Trinajstić information content (AvgIpc) is 2.55. The summed E-state index contributed by atoms with van der Waals surface area (Å²) in [5.74, 6) is -1.63. The summed E-state index contributed by atoms with van der Waals surface area (Å²) in [4.78, 5) is 23.4. The third-order valence-corrected chi connectivity index (χ3v) is 3.81. The maximum atomic E-state index is 12.1. The minimum atomic E-state index is -1.09. The first-order valence-corrected chi connectivity index (χ1v) is 7.85. The van der Waals surface area contributed by atoms with Gasteiger partial charge in [-0.15, -0.1) is 0 Å². The molecule has 2 N–H and O–H groups in total. The summed E-state index contributed by atoms with van der Waals surface area (Å²) < 4.78 is 0. The minimum Gasteiger partial charge on any atom is -0.480 e. The molecule has 0 saturated carbocycles. The van der Waals surface area contributed by atoms with Gasteiger partial charge < -0.3 is 10.4 Å². The second kappa shape index (κ2) is 8.31. The summed E-state index contributed by atoms with van der Waals surface area (Å²) in [7, 11) is 0. The first kappa shape index (κ1) is 17.8. The monoisotopic (exact) mass is 343 g/mol. The van der Waals surface area contributed by atoms with E-state index in [0.29, 0.717) is 5.56 Å². The van der Waals surface area contributed by atoms with Gasteiger partial charge in [0.15, 0.2) is 0 Å². The highest BCUT2D eigenvalue weighted by Gasteiger charge is 2.19. The van der Waals surface area contributed by atoms with Gasteiger partial charge >= 0.3 is 5.97 Å². The number of carbonyl (C=O) groups excluding carboxylic acids is 1. The van der Waals surface area contributed by atoms with Gasteiger partial charge in [0.1, 0.15) is 6.04 Å². The molecule has 0 saturated heterocycles. The zero-order valence-corrected chi connectivity index (χ0v) is 14.0. The molecule has 0 aliphatic carbocycles. The van der Waals surface area contributed by atoms with E-state index in [1.165, 1.54) is 6.08 Å². The Balaban J connectivity index is 2.06. The number of hydrogen-bond acceptors (Lipinski definition) is 2. The Morgan fingerprint density at radius 2 is 1.75 bits per heavy atom. The van der Waals surface area contributed by atoms with Crippen LogP contribution in [0.2, 0.25) is 0 Å². The summed E-state index contributed by atoms with van der Waals surface area (Å²) >= 11 is 6.13. The molecule has 0 unspecified atom stereocenters. The molecule has 5 heteroatoms. The van der Waals surface area contributed by atoms with E-state index in [1.807, 2.05) is 49.4 Å². The van der Waals surface area contributed by atoms with Gasteiger partial charge in [0.25, 0.3) is 0 Å². The third kappa shape index (κ3) is 5.25. The highest BCUT2D eigenvalue weighted by atomic mass is 35.5. The lowest BCUT2D eigenvalue weighted by Crippen LogP contribution is -2.41. The van der Waals surface area contributed by atoms with Crippen LogP contribution in [0.4, 0.5) is 0 Å². The van der Waals surface area contributed by atoms with Crippen LogP contribution in [0.25, 0.3) is 5.03 Å². The Labute approximate surface area is 145 Å². The summed E-state index contributed by atoms with van der Waals surface area (Å²) in [6.45, 7) is 1.95. The van der Waals surface area contributed by atoms with Crippen LogP contribution in [0.3, 0.4) is 0 Å². The Hall–Kier alpha value is -2.59. The highest BCUT2D eigenvalue weighted by molar-refractivity contribution is 6.50. The van der Waals surface area contributed by atoms with Crippen molar-refractivity contribution in [3.63, 3.8) is 0 Å². The normalized spacial score (nSPS) is 12.5. The summed E-state index contributed by atoms with van der Waals surface area (Å²) in [6.07, 6.45) is 1.41. The molecule has 0 radical (unpaired) electrons. The smallest absolute Gasteiger partial charge is 0.326 e. The molecule has 4 nitrogen and oxygen atoms in total. The second-order valence-corrected chi connectivity index (χ2v) is 5.85. The topological polar surface area (TPSA) is 66.4 Å². The quantitative estimate of drug-likeness (QED) is 0.790. The van der Waals surface area contributed by atoms with Crippen LogP contribution in [-0.4, -0.2) is 23.0 Å². The van der Waals surface area contributed by atoms with Gasteiger partial charge in [0.2, 0.25) is 5.91 Å². The number of carboxylic acids is 1. The number of amides is 1. The maximum Gasteiger partial charge on any atom is 0.326 e. The molecule has 2 aromatic rings. The van der Waals surface area contributed by atoms with Gasteiger partial charge in [0, 0.05) is 12.5 Å². The van der Waals surface area contributed by atoms with Crippen LogP contribution < -0.4 is 5.32 Å². The van der Waals surface area contributed by atoms with Crippen LogP contribution in [0.15, 0.2) is 60.7 Å². The lowest BCUT2D eigenvalue weighted by molar-refractivity contribution is -0.141. The summed E-state index contributed by atoms with van der Waals surface area (Å²) in [6, 6.07) is 15.5. The van der Waals surface area contributed by atoms with E-state index < -0.39 is 17.9 Å². The highest BCUT2D eigenvalue weighted by Crippen LogP contribution is 2.19. The molecule has 24 heavy (non-hydrogen) atoms. The zero-order valence-electron chi connectivity index (χ0n) is 13.2. The fourth-order valence-corrected chi connectivity index (χ4v) is 2.40. The molecule has 0 fully saturated rings. The number of aliphatic carboxylic acids is 1. The fourth-order valence-electron chi connectivity index (χ4n) is 2.17. The molecule has 0 aromatic heterocycles. The average molecular weight is 344 g/mol. The van der Waals surface area contributed by atoms with E-state index in [9.17, 15) is 14.7 Å². The molecular formula is C19H18ClNO3. The van der Waals surface area contributed by atoms with E-state index in [-0.39, 0.29) is 11.5 Å². The number of aryl methyl sites for hydroxylation is 1. The van der Waals surface area contributed by atoms with Crippen molar-refractivity contribution in [2.45, 2.75) is 19.4 Å². The molecule has 0 bridgehead atoms. The van der Waals surface area contributed by atoms with Gasteiger partial charge in [-0.1, -0.05) is 71.8 Å². The number of benzene rings is 2. The molecule has 2 rings (SSSR count). The molecule has 1 amide bonds. The lowest BCUT2D eigenvalue weighted by Gasteiger charge is -2.13. The van der Waals surface area contributed by atoms with Gasteiger partial charge in [-0.05, 0) is 18.1 Å². The first-order valence-electron chi connectivity index (χ1n) is 7.47. The molecule has 0 aliphatic rings. The van der Waals surface area contributed by atoms with Gasteiger partial charge in [-0.3, -0.25) is 4.79 Å². The molecule has 1 atom stereocenters. The van der Waals surface area contributed by atoms with Crippen molar-refractivity contribution in [1.29, 1.82) is 0 Å². The molecule has 124 valence electrons. The van der Waals surface area contributed by atoms with E-state index >= 15 is 0 Å². The second-order valence-electron chi connectivity index (χ2n) is 5.45. The van der Waals surface area contributed by atoms with Gasteiger partial charge in [-0.2, -0.15) is 0 Å². The third-order valence-electron chi connectivity index (χ3n) is 3.48. The molecule has 0 aliphatic heterocycles. The van der Waals surface area contributed by atoms with Crippen LogP contribution in [0.1, 0.15) is 16.7 Å². The van der Waals surface area contributed by atoms with Crippen LogP contribution in [0.5, 0.6) is 0 Å². The fraction of sp³-hybridized carbons (Fsp3) is 0.158.